The largest absolute Gasteiger partial charge is 0.497 e. The van der Waals surface area contributed by atoms with E-state index in [1.54, 1.807) is 7.11 Å². The fourth-order valence-corrected chi connectivity index (χ4v) is 4.56. The molecule has 8 nitrogen and oxygen atoms in total. The minimum absolute atomic E-state index is 0.120. The van der Waals surface area contributed by atoms with Crippen LogP contribution in [0.1, 0.15) is 42.1 Å². The van der Waals surface area contributed by atoms with Crippen LogP contribution in [0, 0.1) is 5.92 Å². The van der Waals surface area contributed by atoms with Crippen molar-refractivity contribution >= 4 is 22.8 Å². The molecule has 0 atom stereocenters. The topological polar surface area (TPSA) is 92.5 Å². The van der Waals surface area contributed by atoms with Gasteiger partial charge in [0.2, 0.25) is 5.95 Å². The van der Waals surface area contributed by atoms with Crippen LogP contribution in [0.25, 0.3) is 10.9 Å². The zero-order chi connectivity index (χ0) is 23.2. The maximum absolute atomic E-state index is 11.0. The predicted octanol–water partition coefficient (Wildman–Crippen LogP) is 3.60. The highest BCUT2D eigenvalue weighted by molar-refractivity contribution is 5.87. The molecule has 8 heteroatoms. The summed E-state index contributed by atoms with van der Waals surface area (Å²) in [7, 11) is 1.71. The molecule has 3 heterocycles. The van der Waals surface area contributed by atoms with E-state index in [-0.39, 0.29) is 5.56 Å². The van der Waals surface area contributed by atoms with Gasteiger partial charge in [-0.3, -0.25) is 0 Å². The van der Waals surface area contributed by atoms with Crippen molar-refractivity contribution in [1.82, 2.24) is 19.9 Å². The van der Waals surface area contributed by atoms with Gasteiger partial charge in [-0.2, -0.15) is 0 Å². The summed E-state index contributed by atoms with van der Waals surface area (Å²) in [6.45, 7) is 6.97. The van der Waals surface area contributed by atoms with Crippen molar-refractivity contribution in [1.29, 1.82) is 0 Å². The van der Waals surface area contributed by atoms with Crippen LogP contribution in [0.4, 0.5) is 5.95 Å². The second kappa shape index (κ2) is 10.7. The number of hydrogen-bond donors (Lipinski definition) is 2. The molecule has 4 rings (SSSR count). The highest BCUT2D eigenvalue weighted by atomic mass is 16.5. The lowest BCUT2D eigenvalue weighted by Crippen LogP contribution is -2.38. The third-order valence-electron chi connectivity index (χ3n) is 6.42. The smallest absolute Gasteiger partial charge is 0.338 e. The van der Waals surface area contributed by atoms with Gasteiger partial charge in [-0.05, 0) is 62.4 Å². The van der Waals surface area contributed by atoms with Gasteiger partial charge in [-0.25, -0.2) is 14.8 Å². The molecule has 0 spiro atoms. The molecule has 0 saturated carbocycles. The summed E-state index contributed by atoms with van der Waals surface area (Å²) in [5.41, 5.74) is 2.75. The fraction of sp³-hybridized carbons (Fsp3) is 0.480. The fourth-order valence-electron chi connectivity index (χ4n) is 4.56. The first-order chi connectivity index (χ1) is 16.1. The Labute approximate surface area is 194 Å². The van der Waals surface area contributed by atoms with E-state index in [9.17, 15) is 4.79 Å². The summed E-state index contributed by atoms with van der Waals surface area (Å²) in [4.78, 5) is 21.5. The van der Waals surface area contributed by atoms with Crippen LogP contribution >= 0.6 is 0 Å². The Morgan fingerprint density at radius 1 is 1.24 bits per heavy atom. The summed E-state index contributed by atoms with van der Waals surface area (Å²) in [5, 5.41) is 14.0. The van der Waals surface area contributed by atoms with Gasteiger partial charge in [0.15, 0.2) is 0 Å². The monoisotopic (exact) mass is 451 g/mol. The van der Waals surface area contributed by atoms with Crippen molar-refractivity contribution < 1.29 is 14.6 Å². The lowest BCUT2D eigenvalue weighted by Gasteiger charge is -2.32. The number of aromatic carboxylic acids is 1. The normalized spacial score (nSPS) is 14.7. The van der Waals surface area contributed by atoms with Crippen LogP contribution < -0.4 is 15.0 Å². The predicted molar refractivity (Wildman–Crippen MR) is 129 cm³/mol. The number of fused-ring (bicyclic) bond motifs is 1. The van der Waals surface area contributed by atoms with Crippen molar-refractivity contribution in [2.24, 2.45) is 5.92 Å². The zero-order valence-corrected chi connectivity index (χ0v) is 19.5. The van der Waals surface area contributed by atoms with Gasteiger partial charge in [0.25, 0.3) is 0 Å². The first-order valence-electron chi connectivity index (χ1n) is 11.8. The second-order valence-corrected chi connectivity index (χ2v) is 8.69. The third-order valence-corrected chi connectivity index (χ3v) is 6.42. The van der Waals surface area contributed by atoms with Crippen molar-refractivity contribution in [3.8, 4) is 5.75 Å². The number of methoxy groups -OCH3 is 1. The molecule has 0 aliphatic carbocycles. The molecule has 3 aromatic rings. The van der Waals surface area contributed by atoms with E-state index in [0.717, 1.165) is 64.2 Å². The highest BCUT2D eigenvalue weighted by Gasteiger charge is 2.21. The first-order valence-corrected chi connectivity index (χ1v) is 11.8. The molecule has 1 aliphatic rings. The molecule has 176 valence electrons. The van der Waals surface area contributed by atoms with Crippen molar-refractivity contribution in [2.45, 2.75) is 39.2 Å². The van der Waals surface area contributed by atoms with Crippen LogP contribution in [0.5, 0.6) is 5.75 Å². The van der Waals surface area contributed by atoms with Gasteiger partial charge in [0.05, 0.1) is 18.2 Å². The van der Waals surface area contributed by atoms with Gasteiger partial charge in [0.1, 0.15) is 5.75 Å². The van der Waals surface area contributed by atoms with Crippen LogP contribution in [0.2, 0.25) is 0 Å². The number of carbonyl (C=O) groups is 1. The molecule has 33 heavy (non-hydrogen) atoms. The number of nitrogens with one attached hydrogen (secondary N) is 1. The summed E-state index contributed by atoms with van der Waals surface area (Å²) >= 11 is 0. The molecule has 0 radical (unpaired) electrons. The zero-order valence-electron chi connectivity index (χ0n) is 19.5. The van der Waals surface area contributed by atoms with E-state index in [0.29, 0.717) is 11.9 Å². The Hall–Kier alpha value is -3.13. The minimum Gasteiger partial charge on any atom is -0.497 e. The van der Waals surface area contributed by atoms with Gasteiger partial charge < -0.3 is 24.6 Å². The lowest BCUT2D eigenvalue weighted by atomic mass is 9.97. The minimum atomic E-state index is -0.999. The number of carboxylic acids is 1. The summed E-state index contributed by atoms with van der Waals surface area (Å²) in [6, 6.07) is 6.35. The molecule has 2 N–H and O–H groups in total. The summed E-state index contributed by atoms with van der Waals surface area (Å²) in [5.74, 6) is 1.15. The van der Waals surface area contributed by atoms with Gasteiger partial charge in [-0.15, -0.1) is 0 Å². The summed E-state index contributed by atoms with van der Waals surface area (Å²) < 4.78 is 7.76. The quantitative estimate of drug-likeness (QED) is 0.455. The SMILES string of the molecule is CCCn1cc(CCNCC2CCN(c3ncc(C(=O)O)cn3)CC2)c2ccc(OC)cc21. The third kappa shape index (κ3) is 5.45. The van der Waals surface area contributed by atoms with Crippen LogP contribution in [0.15, 0.2) is 36.8 Å². The molecule has 1 saturated heterocycles. The Kier molecular flexibility index (Phi) is 7.44. The molecule has 0 bridgehead atoms. The number of hydrogen-bond acceptors (Lipinski definition) is 6. The van der Waals surface area contributed by atoms with Gasteiger partial charge >= 0.3 is 5.97 Å². The van der Waals surface area contributed by atoms with E-state index in [1.807, 2.05) is 6.07 Å². The van der Waals surface area contributed by atoms with Crippen LogP contribution in [-0.2, 0) is 13.0 Å². The Morgan fingerprint density at radius 2 is 2.00 bits per heavy atom. The molecule has 0 unspecified atom stereocenters. The highest BCUT2D eigenvalue weighted by Crippen LogP contribution is 2.26. The number of rotatable bonds is 10. The standard InChI is InChI=1S/C25H33N5O3/c1-3-10-30-17-19(22-5-4-21(33-2)13-23(22)30)6-9-26-14-18-7-11-29(12-8-18)25-27-15-20(16-28-25)24(31)32/h4-5,13,15-18,26H,3,6-12,14H2,1-2H3,(H,31,32). The number of aryl methyl sites for hydroxylation is 1. The molecular weight excluding hydrogens is 418 g/mol. The molecule has 1 aromatic carbocycles. The number of anilines is 1. The summed E-state index contributed by atoms with van der Waals surface area (Å²) in [6.07, 6.45) is 9.31. The first kappa shape index (κ1) is 23.0. The molecular formula is C25H33N5O3. The Bertz CT molecular complexity index is 1070. The molecule has 1 fully saturated rings. The average Bonchev–Trinajstić information content (AvgIpc) is 3.19. The molecule has 1 aliphatic heterocycles. The van der Waals surface area contributed by atoms with Gasteiger partial charge in [-0.1, -0.05) is 6.92 Å². The maximum atomic E-state index is 11.0. The van der Waals surface area contributed by atoms with E-state index < -0.39 is 5.97 Å². The van der Waals surface area contributed by atoms with Gasteiger partial charge in [0, 0.05) is 49.7 Å². The average molecular weight is 452 g/mol. The lowest BCUT2D eigenvalue weighted by molar-refractivity contribution is 0.0696. The number of piperidine rings is 1. The number of benzene rings is 1. The van der Waals surface area contributed by atoms with E-state index in [1.165, 1.54) is 28.9 Å². The number of carboxylic acid groups (broad SMARTS) is 1. The van der Waals surface area contributed by atoms with Crippen LogP contribution in [-0.4, -0.2) is 58.9 Å². The molecule has 0 amide bonds. The maximum Gasteiger partial charge on any atom is 0.338 e. The number of ether oxygens (including phenoxy) is 1. The van der Waals surface area contributed by atoms with Crippen LogP contribution in [0.3, 0.4) is 0 Å². The number of aromatic nitrogens is 3. The van der Waals surface area contributed by atoms with E-state index in [4.69, 9.17) is 9.84 Å². The van der Waals surface area contributed by atoms with Crippen molar-refractivity contribution in [3.63, 3.8) is 0 Å². The Balaban J connectivity index is 1.25. The molecule has 2 aromatic heterocycles. The number of nitrogens with zero attached hydrogens (tertiary/aromatic N) is 4. The van der Waals surface area contributed by atoms with E-state index in [2.05, 4.69) is 50.0 Å². The van der Waals surface area contributed by atoms with Crippen molar-refractivity contribution in [3.05, 3.63) is 47.9 Å². The second-order valence-electron chi connectivity index (χ2n) is 8.69. The Morgan fingerprint density at radius 3 is 2.67 bits per heavy atom. The van der Waals surface area contributed by atoms with E-state index >= 15 is 0 Å². The van der Waals surface area contributed by atoms with Crippen molar-refractivity contribution in [2.75, 3.05) is 38.2 Å².